The zero-order valence-corrected chi connectivity index (χ0v) is 30.9. The lowest BCUT2D eigenvalue weighted by Gasteiger charge is -2.30. The predicted octanol–water partition coefficient (Wildman–Crippen LogP) is 4.31. The number of anilines is 2. The Kier molecular flexibility index (Phi) is 14.6. The molecular formula is C34H56Cl2N12O. The van der Waals surface area contributed by atoms with E-state index in [0.29, 0.717) is 0 Å². The van der Waals surface area contributed by atoms with Crippen LogP contribution in [0, 0.1) is 11.8 Å². The van der Waals surface area contributed by atoms with Gasteiger partial charge in [-0.3, -0.25) is 0 Å². The molecule has 2 fully saturated rings. The van der Waals surface area contributed by atoms with Crippen molar-refractivity contribution in [3.05, 3.63) is 34.9 Å². The Bertz CT molecular complexity index is 1480. The van der Waals surface area contributed by atoms with E-state index in [4.69, 9.17) is 10.2 Å². The van der Waals surface area contributed by atoms with Gasteiger partial charge in [0.2, 0.25) is 0 Å². The summed E-state index contributed by atoms with van der Waals surface area (Å²) in [6.07, 6.45) is 18.1. The van der Waals surface area contributed by atoms with Crippen LogP contribution < -0.4 is 10.6 Å². The van der Waals surface area contributed by atoms with Crippen LogP contribution in [0.2, 0.25) is 0 Å². The minimum atomic E-state index is 0. The van der Waals surface area contributed by atoms with E-state index in [1.54, 1.807) is 12.7 Å². The Morgan fingerprint density at radius 2 is 0.959 bits per heavy atom. The molecule has 0 bridgehead atoms. The zero-order valence-electron chi connectivity index (χ0n) is 29.2. The van der Waals surface area contributed by atoms with E-state index in [0.717, 1.165) is 86.6 Å². The third-order valence-corrected chi connectivity index (χ3v) is 10.7. The minimum Gasteiger partial charge on any atom is -0.412 e. The number of likely N-dealkylation sites (tertiary alicyclic amines) is 2. The number of nitrogens with one attached hydrogen (secondary N) is 2. The summed E-state index contributed by atoms with van der Waals surface area (Å²) in [7, 11) is 0. The van der Waals surface area contributed by atoms with Crippen LogP contribution in [0.3, 0.4) is 0 Å². The molecule has 6 heterocycles. The summed E-state index contributed by atoms with van der Waals surface area (Å²) in [5, 5.41) is 33.1. The summed E-state index contributed by atoms with van der Waals surface area (Å²) in [5.74, 6) is 3.86. The maximum absolute atomic E-state index is 4.71. The summed E-state index contributed by atoms with van der Waals surface area (Å²) in [6, 6.07) is 0. The van der Waals surface area contributed by atoms with E-state index in [9.17, 15) is 0 Å². The topological polar surface area (TPSA) is 148 Å². The smallest absolute Gasteiger partial charge is 0.181 e. The first-order valence-corrected chi connectivity index (χ1v) is 18.0. The minimum absolute atomic E-state index is 0. The summed E-state index contributed by atoms with van der Waals surface area (Å²) >= 11 is 0. The molecule has 272 valence electrons. The third kappa shape index (κ3) is 9.29. The number of halogens is 2. The van der Waals surface area contributed by atoms with Crippen LogP contribution >= 0.6 is 24.8 Å². The number of hydrogen-bond acceptors (Lipinski definition) is 10. The van der Waals surface area contributed by atoms with Crippen molar-refractivity contribution in [1.82, 2.24) is 49.4 Å². The normalized spacial score (nSPS) is 18.7. The average Bonchev–Trinajstić information content (AvgIpc) is 3.77. The first-order chi connectivity index (χ1) is 22.6. The zero-order chi connectivity index (χ0) is 31.3. The van der Waals surface area contributed by atoms with Crippen molar-refractivity contribution in [2.24, 2.45) is 11.8 Å². The highest BCUT2D eigenvalue weighted by Crippen LogP contribution is 2.30. The molecule has 0 atom stereocenters. The molecule has 2 aliphatic heterocycles. The van der Waals surface area contributed by atoms with Crippen molar-refractivity contribution in [3.8, 4) is 0 Å². The van der Waals surface area contributed by atoms with Crippen molar-refractivity contribution in [2.75, 3.05) is 63.0 Å². The van der Waals surface area contributed by atoms with Gasteiger partial charge in [-0.15, -0.1) is 55.4 Å². The van der Waals surface area contributed by atoms with Crippen molar-refractivity contribution >= 4 is 47.7 Å². The molecule has 0 spiro atoms. The first kappa shape index (κ1) is 39.0. The van der Waals surface area contributed by atoms with Gasteiger partial charge in [-0.25, -0.2) is 0 Å². The Morgan fingerprint density at radius 3 is 1.35 bits per heavy atom. The maximum Gasteiger partial charge on any atom is 0.181 e. The van der Waals surface area contributed by atoms with Crippen LogP contribution in [-0.2, 0) is 25.7 Å². The van der Waals surface area contributed by atoms with Crippen LogP contribution in [0.15, 0.2) is 12.7 Å². The van der Waals surface area contributed by atoms with Crippen LogP contribution in [0.5, 0.6) is 0 Å². The molecule has 49 heavy (non-hydrogen) atoms. The second-order valence-electron chi connectivity index (χ2n) is 14.1. The molecule has 0 aromatic carbocycles. The number of piperidine rings is 2. The van der Waals surface area contributed by atoms with Gasteiger partial charge in [0.05, 0.1) is 0 Å². The van der Waals surface area contributed by atoms with E-state index in [-0.39, 0.29) is 30.3 Å². The molecule has 8 rings (SSSR count). The van der Waals surface area contributed by atoms with Gasteiger partial charge in [0.25, 0.3) is 0 Å². The second-order valence-corrected chi connectivity index (χ2v) is 14.1. The van der Waals surface area contributed by atoms with Crippen molar-refractivity contribution in [1.29, 1.82) is 0 Å². The fraction of sp³-hybridized carbons (Fsp3) is 0.706. The fourth-order valence-corrected chi connectivity index (χ4v) is 7.69. The van der Waals surface area contributed by atoms with Gasteiger partial charge in [-0.2, -0.15) is 9.03 Å². The number of aromatic nitrogens is 8. The molecule has 0 radical (unpaired) electrons. The molecule has 15 heteroatoms. The standard InChI is InChI=1S/2C17H26N6.2ClH.H2O/c2*1-13-6-9-22(10-7-13)11-8-18-16-14-4-2-3-5-15(14)17-20-19-12-23(17)21-16;;;/h2*12-13H,2-11H2,1H3,(H,18,21);2*1H;1H2. The molecule has 0 unspecified atom stereocenters. The molecule has 4 aromatic rings. The maximum atomic E-state index is 4.71. The average molecular weight is 720 g/mol. The second kappa shape index (κ2) is 18.4. The molecule has 0 saturated carbocycles. The van der Waals surface area contributed by atoms with Crippen LogP contribution in [0.4, 0.5) is 11.6 Å². The number of hydrogen-bond donors (Lipinski definition) is 2. The van der Waals surface area contributed by atoms with Gasteiger partial charge in [-0.1, -0.05) is 13.8 Å². The first-order valence-electron chi connectivity index (χ1n) is 18.0. The highest BCUT2D eigenvalue weighted by atomic mass is 35.5. The van der Waals surface area contributed by atoms with Crippen LogP contribution in [0.1, 0.15) is 87.5 Å². The lowest BCUT2D eigenvalue weighted by Crippen LogP contribution is -2.36. The molecular weight excluding hydrogens is 663 g/mol. The van der Waals surface area contributed by atoms with Gasteiger partial charge in [-0.05, 0) is 115 Å². The van der Waals surface area contributed by atoms with Gasteiger partial charge < -0.3 is 25.9 Å². The molecule has 4 aliphatic rings. The van der Waals surface area contributed by atoms with Crippen molar-refractivity contribution in [2.45, 2.75) is 90.9 Å². The lowest BCUT2D eigenvalue weighted by molar-refractivity contribution is 0.199. The van der Waals surface area contributed by atoms with Gasteiger partial charge >= 0.3 is 0 Å². The van der Waals surface area contributed by atoms with E-state index in [1.807, 2.05) is 9.03 Å². The highest BCUT2D eigenvalue weighted by molar-refractivity contribution is 5.85. The SMILES string of the molecule is CC1CCN(CCNc2nn3cnnc3c3c2CCCC3)CC1.CC1CCN(CCNc2nn3cnnc3c3c2CCCC3)CC1.Cl.Cl.O. The van der Waals surface area contributed by atoms with Gasteiger partial charge in [0.15, 0.2) is 22.9 Å². The number of nitrogens with zero attached hydrogens (tertiary/aromatic N) is 10. The van der Waals surface area contributed by atoms with E-state index < -0.39 is 0 Å². The van der Waals surface area contributed by atoms with Gasteiger partial charge in [0.1, 0.15) is 12.7 Å². The van der Waals surface area contributed by atoms with E-state index >= 15 is 0 Å². The van der Waals surface area contributed by atoms with Crippen molar-refractivity contribution < 1.29 is 5.48 Å². The predicted molar refractivity (Wildman–Crippen MR) is 200 cm³/mol. The highest BCUT2D eigenvalue weighted by Gasteiger charge is 2.22. The fourth-order valence-electron chi connectivity index (χ4n) is 7.69. The molecule has 2 saturated heterocycles. The summed E-state index contributed by atoms with van der Waals surface area (Å²) in [4.78, 5) is 5.13. The number of aryl methyl sites for hydroxylation is 2. The van der Waals surface area contributed by atoms with Crippen LogP contribution in [-0.4, -0.2) is 107 Å². The summed E-state index contributed by atoms with van der Waals surface area (Å²) in [5.41, 5.74) is 7.30. The number of rotatable bonds is 8. The Balaban J connectivity index is 0.000000208. The number of fused-ring (bicyclic) bond motifs is 6. The molecule has 0 amide bonds. The van der Waals surface area contributed by atoms with E-state index in [1.165, 1.54) is 99.8 Å². The summed E-state index contributed by atoms with van der Waals surface area (Å²) in [6.45, 7) is 13.8. The monoisotopic (exact) mass is 718 g/mol. The molecule has 2 aliphatic carbocycles. The lowest BCUT2D eigenvalue weighted by atomic mass is 9.93. The quantitative estimate of drug-likeness (QED) is 0.270. The van der Waals surface area contributed by atoms with Crippen LogP contribution in [0.25, 0.3) is 11.3 Å². The largest absolute Gasteiger partial charge is 0.412 e. The third-order valence-electron chi connectivity index (χ3n) is 10.7. The van der Waals surface area contributed by atoms with Crippen molar-refractivity contribution in [3.63, 3.8) is 0 Å². The molecule has 13 nitrogen and oxygen atoms in total. The van der Waals surface area contributed by atoms with E-state index in [2.05, 4.69) is 54.7 Å². The Hall–Kier alpha value is -2.84. The Morgan fingerprint density at radius 1 is 0.592 bits per heavy atom. The molecule has 4 N–H and O–H groups in total. The molecule has 4 aromatic heterocycles. The summed E-state index contributed by atoms with van der Waals surface area (Å²) < 4.78 is 3.66. The van der Waals surface area contributed by atoms with Gasteiger partial charge in [0, 0.05) is 48.4 Å². The Labute approximate surface area is 302 Å².